The van der Waals surface area contributed by atoms with Crippen molar-refractivity contribution < 1.29 is 20.4 Å². The third-order valence-corrected chi connectivity index (χ3v) is 1.74. The van der Waals surface area contributed by atoms with E-state index in [1.807, 2.05) is 6.92 Å². The highest BCUT2D eigenvalue weighted by Crippen LogP contribution is 2.03. The van der Waals surface area contributed by atoms with Gasteiger partial charge in [0, 0.05) is 26.9 Å². The van der Waals surface area contributed by atoms with Gasteiger partial charge in [-0.25, -0.2) is 0 Å². The van der Waals surface area contributed by atoms with Crippen LogP contribution in [0.25, 0.3) is 0 Å². The van der Waals surface area contributed by atoms with E-state index in [4.69, 9.17) is 20.4 Å². The number of aliphatic hydroxyl groups excluding tert-OH is 4. The van der Waals surface area contributed by atoms with Crippen LogP contribution >= 0.6 is 0 Å². The first-order valence-corrected chi connectivity index (χ1v) is 7.02. The number of hydrogen-bond donors (Lipinski definition) is 4. The Morgan fingerprint density at radius 1 is 0.556 bits per heavy atom. The summed E-state index contributed by atoms with van der Waals surface area (Å²) in [7, 11) is 1.00. The standard InChI is InChI=1S/C8H18O.C3H8O.C2H6O.CH4O/c1-2-3-4-5-6-7-8-9;1-2-3-4;1-2-3;1-2/h9H,2-8H2,1H3;4H,2-3H2,1H3;3H,2H2,1H3;2H,1H3. The summed E-state index contributed by atoms with van der Waals surface area (Å²) in [5.41, 5.74) is 0. The van der Waals surface area contributed by atoms with Crippen LogP contribution in [0.4, 0.5) is 0 Å². The molecule has 0 unspecified atom stereocenters. The van der Waals surface area contributed by atoms with Crippen LogP contribution in [0.3, 0.4) is 0 Å². The van der Waals surface area contributed by atoms with Crippen LogP contribution in [0.15, 0.2) is 0 Å². The maximum absolute atomic E-state index is 8.42. The van der Waals surface area contributed by atoms with E-state index in [2.05, 4.69) is 6.92 Å². The molecule has 0 saturated carbocycles. The Balaban J connectivity index is -0.0000000909. The van der Waals surface area contributed by atoms with Crippen molar-refractivity contribution in [3.05, 3.63) is 0 Å². The van der Waals surface area contributed by atoms with Gasteiger partial charge >= 0.3 is 0 Å². The van der Waals surface area contributed by atoms with Crippen LogP contribution < -0.4 is 0 Å². The molecule has 4 nitrogen and oxygen atoms in total. The number of hydrogen-bond acceptors (Lipinski definition) is 4. The van der Waals surface area contributed by atoms with Crippen molar-refractivity contribution in [1.29, 1.82) is 0 Å². The van der Waals surface area contributed by atoms with Crippen LogP contribution in [0.5, 0.6) is 0 Å². The van der Waals surface area contributed by atoms with Crippen LogP contribution in [-0.2, 0) is 0 Å². The number of aliphatic hydroxyl groups is 4. The summed E-state index contributed by atoms with van der Waals surface area (Å²) in [6, 6.07) is 0. The second-order valence-electron chi connectivity index (χ2n) is 3.53. The lowest BCUT2D eigenvalue weighted by Gasteiger charge is -1.95. The molecule has 0 bridgehead atoms. The lowest BCUT2D eigenvalue weighted by molar-refractivity contribution is 0.282. The predicted octanol–water partition coefficient (Wildman–Crippen LogP) is 2.34. The van der Waals surface area contributed by atoms with Gasteiger partial charge < -0.3 is 20.4 Å². The molecule has 0 aromatic carbocycles. The van der Waals surface area contributed by atoms with Crippen LogP contribution in [0.2, 0.25) is 0 Å². The van der Waals surface area contributed by atoms with E-state index in [-0.39, 0.29) is 6.61 Å². The summed E-state index contributed by atoms with van der Waals surface area (Å²) in [5, 5.41) is 30.9. The van der Waals surface area contributed by atoms with Crippen molar-refractivity contribution in [3.63, 3.8) is 0 Å². The molecule has 0 heterocycles. The summed E-state index contributed by atoms with van der Waals surface area (Å²) >= 11 is 0. The van der Waals surface area contributed by atoms with E-state index in [1.54, 1.807) is 6.92 Å². The van der Waals surface area contributed by atoms with Crippen molar-refractivity contribution in [2.45, 2.75) is 65.7 Å². The molecule has 0 aliphatic carbocycles. The molecule has 0 spiro atoms. The fraction of sp³-hybridized carbons (Fsp3) is 1.00. The summed E-state index contributed by atoms with van der Waals surface area (Å²) in [6.45, 7) is 6.76. The Morgan fingerprint density at radius 2 is 0.889 bits per heavy atom. The van der Waals surface area contributed by atoms with Crippen molar-refractivity contribution in [3.8, 4) is 0 Å². The van der Waals surface area contributed by atoms with Gasteiger partial charge in [-0.3, -0.25) is 0 Å². The Kier molecular flexibility index (Phi) is 64.0. The van der Waals surface area contributed by atoms with Gasteiger partial charge in [0.2, 0.25) is 0 Å². The number of rotatable bonds is 7. The van der Waals surface area contributed by atoms with Crippen LogP contribution in [-0.4, -0.2) is 47.4 Å². The molecule has 0 amide bonds. The topological polar surface area (TPSA) is 80.9 Å². The maximum Gasteiger partial charge on any atom is 0.0431 e. The minimum absolute atomic E-state index is 0.250. The zero-order valence-electron chi connectivity index (χ0n) is 12.9. The molecule has 0 atom stereocenters. The molecule has 0 fully saturated rings. The van der Waals surface area contributed by atoms with Crippen molar-refractivity contribution in [2.24, 2.45) is 0 Å². The average Bonchev–Trinajstić information content (AvgIpc) is 2.42. The molecule has 0 aromatic rings. The molecule has 18 heavy (non-hydrogen) atoms. The summed E-state index contributed by atoms with van der Waals surface area (Å²) < 4.78 is 0. The molecule has 4 heteroatoms. The van der Waals surface area contributed by atoms with Crippen LogP contribution in [0.1, 0.15) is 65.7 Å². The van der Waals surface area contributed by atoms with E-state index in [0.29, 0.717) is 13.2 Å². The van der Waals surface area contributed by atoms with Gasteiger partial charge in [-0.1, -0.05) is 46.0 Å². The first-order chi connectivity index (χ1) is 8.74. The number of unbranched alkanes of at least 4 members (excludes halogenated alkanes) is 5. The van der Waals surface area contributed by atoms with Gasteiger partial charge in [-0.15, -0.1) is 0 Å². The van der Waals surface area contributed by atoms with E-state index < -0.39 is 0 Å². The van der Waals surface area contributed by atoms with Gasteiger partial charge in [-0.2, -0.15) is 0 Å². The molecule has 0 aliphatic rings. The molecule has 0 saturated heterocycles. The van der Waals surface area contributed by atoms with Gasteiger partial charge in [0.25, 0.3) is 0 Å². The highest BCUT2D eigenvalue weighted by atomic mass is 16.3. The highest BCUT2D eigenvalue weighted by molar-refractivity contribution is 4.41. The first-order valence-electron chi connectivity index (χ1n) is 7.02. The monoisotopic (exact) mass is 268 g/mol. The quantitative estimate of drug-likeness (QED) is 0.534. The molecule has 0 radical (unpaired) electrons. The first kappa shape index (κ1) is 26.4. The van der Waals surface area contributed by atoms with E-state index >= 15 is 0 Å². The molecule has 0 aliphatic heterocycles. The molecular formula is C14H36O4. The second kappa shape index (κ2) is 43.6. The van der Waals surface area contributed by atoms with E-state index in [0.717, 1.165) is 20.0 Å². The van der Waals surface area contributed by atoms with Crippen molar-refractivity contribution in [1.82, 2.24) is 0 Å². The lowest BCUT2D eigenvalue weighted by Crippen LogP contribution is -1.82. The van der Waals surface area contributed by atoms with E-state index in [9.17, 15) is 0 Å². The van der Waals surface area contributed by atoms with Gasteiger partial charge in [0.15, 0.2) is 0 Å². The fourth-order valence-corrected chi connectivity index (χ4v) is 0.892. The van der Waals surface area contributed by atoms with Crippen LogP contribution in [0, 0.1) is 0 Å². The molecule has 4 N–H and O–H groups in total. The normalized spacial score (nSPS) is 8.00. The molecule has 0 rings (SSSR count). The minimum atomic E-state index is 0.250. The van der Waals surface area contributed by atoms with Gasteiger partial charge in [-0.05, 0) is 19.8 Å². The van der Waals surface area contributed by atoms with Gasteiger partial charge in [0.1, 0.15) is 0 Å². The SMILES string of the molecule is CCCCCCCCO.CCCO.CCO.CO. The van der Waals surface area contributed by atoms with Crippen molar-refractivity contribution >= 4 is 0 Å². The fourth-order valence-electron chi connectivity index (χ4n) is 0.892. The Bertz CT molecular complexity index is 72.2. The summed E-state index contributed by atoms with van der Waals surface area (Å²) in [6.07, 6.45) is 8.37. The van der Waals surface area contributed by atoms with Crippen molar-refractivity contribution in [2.75, 3.05) is 26.9 Å². The smallest absolute Gasteiger partial charge is 0.0431 e. The summed E-state index contributed by atoms with van der Waals surface area (Å²) in [5.74, 6) is 0. The Hall–Kier alpha value is -0.160. The zero-order chi connectivity index (χ0) is 15.1. The predicted molar refractivity (Wildman–Crippen MR) is 78.7 cm³/mol. The molecule has 116 valence electrons. The maximum atomic E-state index is 8.42. The third kappa shape index (κ3) is 74.6. The lowest BCUT2D eigenvalue weighted by atomic mass is 10.1. The van der Waals surface area contributed by atoms with E-state index in [1.165, 1.54) is 32.1 Å². The molecular weight excluding hydrogens is 232 g/mol. The molecule has 0 aromatic heterocycles. The van der Waals surface area contributed by atoms with Gasteiger partial charge in [0.05, 0.1) is 0 Å². The highest BCUT2D eigenvalue weighted by Gasteiger charge is 1.86. The summed E-state index contributed by atoms with van der Waals surface area (Å²) in [4.78, 5) is 0. The Morgan fingerprint density at radius 3 is 1.17 bits per heavy atom. The average molecular weight is 268 g/mol. The minimum Gasteiger partial charge on any atom is -0.400 e. The largest absolute Gasteiger partial charge is 0.400 e. The third-order valence-electron chi connectivity index (χ3n) is 1.74. The zero-order valence-corrected chi connectivity index (χ0v) is 12.9. The second-order valence-corrected chi connectivity index (χ2v) is 3.53. The Labute approximate surface area is 114 Å².